The molecule has 0 saturated carbocycles. The number of methoxy groups -OCH3 is 1. The number of H-pyrrole nitrogens is 1. The molecule has 0 aliphatic heterocycles. The van der Waals surface area contributed by atoms with Gasteiger partial charge in [0.25, 0.3) is 5.56 Å². The second kappa shape index (κ2) is 4.56. The zero-order valence-electron chi connectivity index (χ0n) is 10.0. The van der Waals surface area contributed by atoms with Crippen molar-refractivity contribution in [2.75, 3.05) is 13.7 Å². The molecule has 0 amide bonds. The van der Waals surface area contributed by atoms with Gasteiger partial charge in [0, 0.05) is 19.5 Å². The van der Waals surface area contributed by atoms with Gasteiger partial charge in [-0.15, -0.1) is 11.3 Å². The van der Waals surface area contributed by atoms with E-state index in [1.54, 1.807) is 19.5 Å². The van der Waals surface area contributed by atoms with E-state index in [1.807, 2.05) is 0 Å². The van der Waals surface area contributed by atoms with Crippen LogP contribution in [0.1, 0.15) is 0 Å². The zero-order chi connectivity index (χ0) is 13.4. The minimum Gasteiger partial charge on any atom is -0.383 e. The first-order chi connectivity index (χ1) is 9.22. The molecule has 0 spiro atoms. The van der Waals surface area contributed by atoms with Crippen molar-refractivity contribution in [3.05, 3.63) is 33.2 Å². The summed E-state index contributed by atoms with van der Waals surface area (Å²) in [5, 5.41) is 0. The molecule has 8 heteroatoms. The Hall–Kier alpha value is -2.06. The number of ether oxygens (including phenoxy) is 1. The van der Waals surface area contributed by atoms with Gasteiger partial charge in [0.1, 0.15) is 15.0 Å². The van der Waals surface area contributed by atoms with Crippen LogP contribution in [0.4, 0.5) is 0 Å². The average Bonchev–Trinajstić information content (AvgIpc) is 2.79. The van der Waals surface area contributed by atoms with Crippen LogP contribution in [0, 0.1) is 0 Å². The van der Waals surface area contributed by atoms with Crippen molar-refractivity contribution in [2.45, 2.75) is 6.54 Å². The molecular weight excluding hydrogens is 268 g/mol. The molecular formula is C11H10N4O3S. The third-order valence-electron chi connectivity index (χ3n) is 2.76. The second-order valence-corrected chi connectivity index (χ2v) is 4.89. The van der Waals surface area contributed by atoms with E-state index in [0.717, 1.165) is 0 Å². The van der Waals surface area contributed by atoms with Crippen LogP contribution in [0.3, 0.4) is 0 Å². The smallest absolute Gasteiger partial charge is 0.329 e. The number of rotatable bonds is 3. The highest BCUT2D eigenvalue weighted by atomic mass is 32.1. The number of fused-ring (bicyclic) bond motifs is 3. The maximum atomic E-state index is 11.9. The van der Waals surface area contributed by atoms with Crippen molar-refractivity contribution in [1.82, 2.24) is 19.5 Å². The Labute approximate surface area is 110 Å². The van der Waals surface area contributed by atoms with Gasteiger partial charge in [-0.3, -0.25) is 14.3 Å². The highest BCUT2D eigenvalue weighted by Gasteiger charge is 2.15. The van der Waals surface area contributed by atoms with E-state index in [1.165, 1.54) is 15.9 Å². The van der Waals surface area contributed by atoms with Crippen LogP contribution in [0.25, 0.3) is 20.6 Å². The van der Waals surface area contributed by atoms with Crippen molar-refractivity contribution in [3.63, 3.8) is 0 Å². The lowest BCUT2D eigenvalue weighted by molar-refractivity contribution is 0.187. The van der Waals surface area contributed by atoms with Gasteiger partial charge in [0.15, 0.2) is 0 Å². The zero-order valence-corrected chi connectivity index (χ0v) is 10.9. The maximum Gasteiger partial charge on any atom is 0.329 e. The lowest BCUT2D eigenvalue weighted by Crippen LogP contribution is -2.30. The van der Waals surface area contributed by atoms with Crippen molar-refractivity contribution in [1.29, 1.82) is 0 Å². The predicted octanol–water partition coefficient (Wildman–Crippen LogP) is 0.341. The third kappa shape index (κ3) is 1.85. The molecule has 7 nitrogen and oxygen atoms in total. The summed E-state index contributed by atoms with van der Waals surface area (Å²) in [6, 6.07) is 0. The monoisotopic (exact) mass is 278 g/mol. The van der Waals surface area contributed by atoms with Gasteiger partial charge < -0.3 is 4.74 Å². The molecule has 0 aromatic carbocycles. The molecule has 3 aromatic rings. The fraction of sp³-hybridized carbons (Fsp3) is 0.273. The molecule has 0 aliphatic rings. The van der Waals surface area contributed by atoms with E-state index in [4.69, 9.17) is 4.74 Å². The van der Waals surface area contributed by atoms with E-state index in [-0.39, 0.29) is 0 Å². The second-order valence-electron chi connectivity index (χ2n) is 3.89. The van der Waals surface area contributed by atoms with Crippen LogP contribution < -0.4 is 11.2 Å². The maximum absolute atomic E-state index is 11.9. The topological polar surface area (TPSA) is 89.9 Å². The summed E-state index contributed by atoms with van der Waals surface area (Å²) in [7, 11) is 1.56. The Morgan fingerprint density at radius 1 is 1.37 bits per heavy atom. The van der Waals surface area contributed by atoms with Gasteiger partial charge in [0.05, 0.1) is 18.7 Å². The van der Waals surface area contributed by atoms with Crippen molar-refractivity contribution in [2.24, 2.45) is 0 Å². The van der Waals surface area contributed by atoms with E-state index >= 15 is 0 Å². The van der Waals surface area contributed by atoms with Crippen LogP contribution in [-0.2, 0) is 11.3 Å². The van der Waals surface area contributed by atoms with Gasteiger partial charge in [-0.2, -0.15) is 0 Å². The number of nitrogens with zero attached hydrogens (tertiary/aromatic N) is 3. The summed E-state index contributed by atoms with van der Waals surface area (Å²) in [6.07, 6.45) is 3.10. The fourth-order valence-electron chi connectivity index (χ4n) is 1.94. The van der Waals surface area contributed by atoms with Crippen molar-refractivity contribution >= 4 is 31.9 Å². The number of aromatic amines is 1. The lowest BCUT2D eigenvalue weighted by atomic mass is 10.4. The van der Waals surface area contributed by atoms with Crippen LogP contribution in [0.5, 0.6) is 0 Å². The Kier molecular flexibility index (Phi) is 2.88. The van der Waals surface area contributed by atoms with Crippen LogP contribution in [0.2, 0.25) is 0 Å². The SMILES string of the molecule is COCCn1c(=O)[nH]c(=O)c2sc3nccnc3c21. The highest BCUT2D eigenvalue weighted by Crippen LogP contribution is 2.26. The number of thiophene rings is 1. The summed E-state index contributed by atoms with van der Waals surface area (Å²) in [5.74, 6) is 0. The number of nitrogens with one attached hydrogen (secondary N) is 1. The van der Waals surface area contributed by atoms with Crippen LogP contribution >= 0.6 is 11.3 Å². The molecule has 98 valence electrons. The van der Waals surface area contributed by atoms with E-state index < -0.39 is 11.2 Å². The summed E-state index contributed by atoms with van der Waals surface area (Å²) in [5.41, 5.74) is 0.235. The highest BCUT2D eigenvalue weighted by molar-refractivity contribution is 7.25. The number of aromatic nitrogens is 4. The van der Waals surface area contributed by atoms with Gasteiger partial charge in [-0.25, -0.2) is 14.8 Å². The molecule has 0 unspecified atom stereocenters. The first-order valence-electron chi connectivity index (χ1n) is 5.57. The molecule has 0 radical (unpaired) electrons. The largest absolute Gasteiger partial charge is 0.383 e. The van der Waals surface area contributed by atoms with Crippen molar-refractivity contribution in [3.8, 4) is 0 Å². The average molecular weight is 278 g/mol. The fourth-order valence-corrected chi connectivity index (χ4v) is 2.94. The van der Waals surface area contributed by atoms with Crippen LogP contribution in [-0.4, -0.2) is 33.2 Å². The molecule has 0 saturated heterocycles. The molecule has 0 aliphatic carbocycles. The molecule has 1 N–H and O–H groups in total. The van der Waals surface area contributed by atoms with Gasteiger partial charge in [0.2, 0.25) is 0 Å². The Balaban J connectivity index is 2.46. The first kappa shape index (κ1) is 12.0. The summed E-state index contributed by atoms with van der Waals surface area (Å²) in [6.45, 7) is 0.726. The summed E-state index contributed by atoms with van der Waals surface area (Å²) >= 11 is 1.23. The molecule has 3 heterocycles. The molecule has 3 aromatic heterocycles. The standard InChI is InChI=1S/C11H10N4O3S/c1-18-5-4-15-7-6-10(13-3-2-12-6)19-8(7)9(16)14-11(15)17/h2-3H,4-5H2,1H3,(H,14,16,17). The lowest BCUT2D eigenvalue weighted by Gasteiger charge is -2.05. The minimum absolute atomic E-state index is 0.352. The van der Waals surface area contributed by atoms with Gasteiger partial charge >= 0.3 is 5.69 Å². The predicted molar refractivity (Wildman–Crippen MR) is 71.7 cm³/mol. The normalized spacial score (nSPS) is 11.4. The first-order valence-corrected chi connectivity index (χ1v) is 6.39. The molecule has 19 heavy (non-hydrogen) atoms. The summed E-state index contributed by atoms with van der Waals surface area (Å²) in [4.78, 5) is 35.1. The van der Waals surface area contributed by atoms with Gasteiger partial charge in [-0.05, 0) is 0 Å². The van der Waals surface area contributed by atoms with Crippen molar-refractivity contribution < 1.29 is 4.74 Å². The van der Waals surface area contributed by atoms with Gasteiger partial charge in [-0.1, -0.05) is 0 Å². The number of hydrogen-bond acceptors (Lipinski definition) is 6. The molecule has 0 fully saturated rings. The molecule has 3 rings (SSSR count). The van der Waals surface area contributed by atoms with Crippen LogP contribution in [0.15, 0.2) is 22.0 Å². The minimum atomic E-state index is -0.458. The molecule has 0 atom stereocenters. The van der Waals surface area contributed by atoms with E-state index in [9.17, 15) is 9.59 Å². The van der Waals surface area contributed by atoms with E-state index in [0.29, 0.717) is 33.7 Å². The quantitative estimate of drug-likeness (QED) is 0.746. The Morgan fingerprint density at radius 3 is 2.95 bits per heavy atom. The number of hydrogen-bond donors (Lipinski definition) is 1. The summed E-state index contributed by atoms with van der Waals surface area (Å²) < 4.78 is 6.91. The Bertz CT molecular complexity index is 864. The molecule has 0 bridgehead atoms. The Morgan fingerprint density at radius 2 is 2.16 bits per heavy atom. The van der Waals surface area contributed by atoms with E-state index in [2.05, 4.69) is 15.0 Å². The third-order valence-corrected chi connectivity index (χ3v) is 3.84.